The van der Waals surface area contributed by atoms with Crippen molar-refractivity contribution in [1.29, 1.82) is 0 Å². The van der Waals surface area contributed by atoms with Crippen LogP contribution in [-0.4, -0.2) is 18.1 Å². The highest BCUT2D eigenvalue weighted by Gasteiger charge is 2.22. The van der Waals surface area contributed by atoms with Crippen LogP contribution in [-0.2, 0) is 0 Å². The Morgan fingerprint density at radius 1 is 0.786 bits per heavy atom. The lowest BCUT2D eigenvalue weighted by Gasteiger charge is -2.32. The van der Waals surface area contributed by atoms with Gasteiger partial charge in [0.05, 0.1) is 0 Å². The van der Waals surface area contributed by atoms with E-state index in [4.69, 9.17) is 5.73 Å². The molecule has 0 aromatic heterocycles. The van der Waals surface area contributed by atoms with Gasteiger partial charge in [0.15, 0.2) is 0 Å². The van der Waals surface area contributed by atoms with Crippen LogP contribution in [0.1, 0.15) is 57.8 Å². The maximum atomic E-state index is 5.99. The molecule has 2 saturated carbocycles. The predicted octanol–water partition coefficient (Wildman–Crippen LogP) is 2.18. The van der Waals surface area contributed by atoms with Crippen molar-refractivity contribution in [3.05, 3.63) is 0 Å². The van der Waals surface area contributed by atoms with E-state index in [-0.39, 0.29) is 0 Å². The molecule has 0 aromatic carbocycles. The van der Waals surface area contributed by atoms with Crippen molar-refractivity contribution in [2.75, 3.05) is 0 Å². The fraction of sp³-hybridized carbons (Fsp3) is 1.00. The van der Waals surface area contributed by atoms with Gasteiger partial charge in [0.1, 0.15) is 0 Å². The fourth-order valence-electron chi connectivity index (χ4n) is 2.98. The van der Waals surface area contributed by atoms with Crippen LogP contribution in [0.15, 0.2) is 0 Å². The summed E-state index contributed by atoms with van der Waals surface area (Å²) in [6, 6.07) is 1.99. The van der Waals surface area contributed by atoms with Crippen molar-refractivity contribution in [2.24, 2.45) is 5.73 Å². The van der Waals surface area contributed by atoms with Crippen LogP contribution in [0.3, 0.4) is 0 Å². The minimum Gasteiger partial charge on any atom is -0.328 e. The fourth-order valence-corrected chi connectivity index (χ4v) is 2.98. The first-order valence-electron chi connectivity index (χ1n) is 6.36. The summed E-state index contributed by atoms with van der Waals surface area (Å²) < 4.78 is 0. The normalized spacial score (nSPS) is 35.8. The van der Waals surface area contributed by atoms with E-state index in [0.717, 1.165) is 12.1 Å². The Morgan fingerprint density at radius 3 is 2.21 bits per heavy atom. The van der Waals surface area contributed by atoms with Crippen LogP contribution in [0.5, 0.6) is 0 Å². The topological polar surface area (TPSA) is 38.0 Å². The van der Waals surface area contributed by atoms with Crippen molar-refractivity contribution in [1.82, 2.24) is 5.32 Å². The van der Waals surface area contributed by atoms with Crippen LogP contribution < -0.4 is 11.1 Å². The molecular weight excluding hydrogens is 172 g/mol. The van der Waals surface area contributed by atoms with Gasteiger partial charge in [0, 0.05) is 18.1 Å². The van der Waals surface area contributed by atoms with Gasteiger partial charge in [-0.15, -0.1) is 0 Å². The average molecular weight is 196 g/mol. The Morgan fingerprint density at radius 2 is 1.50 bits per heavy atom. The summed E-state index contributed by atoms with van der Waals surface area (Å²) in [6.07, 6.45) is 12.2. The monoisotopic (exact) mass is 196 g/mol. The minimum absolute atomic E-state index is 0.463. The molecule has 14 heavy (non-hydrogen) atoms. The number of nitrogens with one attached hydrogen (secondary N) is 1. The van der Waals surface area contributed by atoms with Crippen LogP contribution in [0.25, 0.3) is 0 Å². The second-order valence-electron chi connectivity index (χ2n) is 5.13. The Hall–Kier alpha value is -0.0800. The molecule has 2 rings (SSSR count). The van der Waals surface area contributed by atoms with Gasteiger partial charge in [-0.3, -0.25) is 0 Å². The van der Waals surface area contributed by atoms with Gasteiger partial charge < -0.3 is 11.1 Å². The number of nitrogens with two attached hydrogens (primary N) is 1. The Balaban J connectivity index is 1.72. The van der Waals surface area contributed by atoms with Gasteiger partial charge in [-0.2, -0.15) is 0 Å². The highest BCUT2D eigenvalue weighted by Crippen LogP contribution is 2.22. The molecule has 2 nitrogen and oxygen atoms in total. The molecule has 2 aliphatic carbocycles. The van der Waals surface area contributed by atoms with E-state index in [1.807, 2.05) is 0 Å². The molecule has 0 saturated heterocycles. The molecule has 82 valence electrons. The third-order valence-electron chi connectivity index (χ3n) is 3.79. The molecule has 0 amide bonds. The van der Waals surface area contributed by atoms with Crippen molar-refractivity contribution in [2.45, 2.75) is 75.9 Å². The molecule has 0 radical (unpaired) electrons. The van der Waals surface area contributed by atoms with Crippen molar-refractivity contribution in [3.63, 3.8) is 0 Å². The molecule has 3 N–H and O–H groups in total. The third kappa shape index (κ3) is 2.96. The first kappa shape index (κ1) is 10.4. The van der Waals surface area contributed by atoms with E-state index in [2.05, 4.69) is 5.32 Å². The van der Waals surface area contributed by atoms with Gasteiger partial charge in [-0.05, 0) is 32.1 Å². The summed E-state index contributed by atoms with van der Waals surface area (Å²) >= 11 is 0. The second kappa shape index (κ2) is 5.13. The predicted molar refractivity (Wildman–Crippen MR) is 60.2 cm³/mol. The van der Waals surface area contributed by atoms with Gasteiger partial charge in [0.2, 0.25) is 0 Å². The largest absolute Gasteiger partial charge is 0.328 e. The zero-order valence-corrected chi connectivity index (χ0v) is 9.17. The average Bonchev–Trinajstić information content (AvgIpc) is 2.19. The highest BCUT2D eigenvalue weighted by molar-refractivity contribution is 4.83. The molecule has 2 atom stereocenters. The molecule has 0 bridgehead atoms. The number of hydrogen-bond donors (Lipinski definition) is 2. The van der Waals surface area contributed by atoms with Crippen LogP contribution in [0.2, 0.25) is 0 Å². The lowest BCUT2D eigenvalue weighted by molar-refractivity contribution is 0.276. The molecule has 0 unspecified atom stereocenters. The van der Waals surface area contributed by atoms with E-state index in [9.17, 15) is 0 Å². The zero-order chi connectivity index (χ0) is 9.80. The number of rotatable bonds is 2. The molecule has 2 fully saturated rings. The molecule has 0 spiro atoms. The minimum atomic E-state index is 0.463. The Labute approximate surface area is 87.6 Å². The number of hydrogen-bond acceptors (Lipinski definition) is 2. The van der Waals surface area contributed by atoms with Gasteiger partial charge >= 0.3 is 0 Å². The van der Waals surface area contributed by atoms with Crippen molar-refractivity contribution in [3.8, 4) is 0 Å². The summed E-state index contributed by atoms with van der Waals surface area (Å²) in [5.41, 5.74) is 5.99. The smallest absolute Gasteiger partial charge is 0.00843 e. The van der Waals surface area contributed by atoms with Gasteiger partial charge in [-0.1, -0.05) is 25.7 Å². The maximum Gasteiger partial charge on any atom is 0.00843 e. The van der Waals surface area contributed by atoms with Crippen molar-refractivity contribution < 1.29 is 0 Å². The van der Waals surface area contributed by atoms with Crippen LogP contribution >= 0.6 is 0 Å². The van der Waals surface area contributed by atoms with E-state index >= 15 is 0 Å². The molecule has 0 aromatic rings. The summed E-state index contributed by atoms with van der Waals surface area (Å²) in [4.78, 5) is 0. The lowest BCUT2D eigenvalue weighted by Crippen LogP contribution is -2.44. The zero-order valence-electron chi connectivity index (χ0n) is 9.17. The van der Waals surface area contributed by atoms with E-state index in [1.165, 1.54) is 57.8 Å². The summed E-state index contributed by atoms with van der Waals surface area (Å²) in [7, 11) is 0. The van der Waals surface area contributed by atoms with E-state index < -0.39 is 0 Å². The molecular formula is C12H24N2. The van der Waals surface area contributed by atoms with Gasteiger partial charge in [0.25, 0.3) is 0 Å². The molecule has 2 aliphatic rings. The van der Waals surface area contributed by atoms with Gasteiger partial charge in [-0.25, -0.2) is 0 Å². The molecule has 0 aliphatic heterocycles. The first-order valence-corrected chi connectivity index (χ1v) is 6.36. The second-order valence-corrected chi connectivity index (χ2v) is 5.13. The van der Waals surface area contributed by atoms with Crippen LogP contribution in [0.4, 0.5) is 0 Å². The quantitative estimate of drug-likeness (QED) is 0.710. The molecule has 2 heteroatoms. The standard InChI is InChI=1S/C12H24N2/c13-10-5-4-8-12(9-10)14-11-6-2-1-3-7-11/h10-12,14H,1-9,13H2/t10-,12-/m0/s1. The van der Waals surface area contributed by atoms with Crippen molar-refractivity contribution >= 4 is 0 Å². The molecule has 0 heterocycles. The maximum absolute atomic E-state index is 5.99. The SMILES string of the molecule is N[C@H]1CCC[C@H](NC2CCCCC2)C1. The summed E-state index contributed by atoms with van der Waals surface area (Å²) in [5, 5.41) is 3.81. The highest BCUT2D eigenvalue weighted by atomic mass is 15.0. The van der Waals surface area contributed by atoms with E-state index in [0.29, 0.717) is 6.04 Å². The first-order chi connectivity index (χ1) is 6.84. The Kier molecular flexibility index (Phi) is 3.82. The summed E-state index contributed by atoms with van der Waals surface area (Å²) in [6.45, 7) is 0. The Bertz CT molecular complexity index is 164. The van der Waals surface area contributed by atoms with E-state index in [1.54, 1.807) is 0 Å². The summed E-state index contributed by atoms with van der Waals surface area (Å²) in [5.74, 6) is 0. The lowest BCUT2D eigenvalue weighted by atomic mass is 9.89. The third-order valence-corrected chi connectivity index (χ3v) is 3.79. The van der Waals surface area contributed by atoms with Crippen LogP contribution in [0, 0.1) is 0 Å².